The molecule has 1 rings (SSSR count). The van der Waals surface area contributed by atoms with Crippen LogP contribution in [0.25, 0.3) is 0 Å². The molecule has 0 radical (unpaired) electrons. The molecule has 0 heterocycles. The molecule has 1 heteroatoms. The predicted molar refractivity (Wildman–Crippen MR) is 47.5 cm³/mol. The average Bonchev–Trinajstić information content (AvgIpc) is 1.96. The van der Waals surface area contributed by atoms with Gasteiger partial charge in [-0.3, -0.25) is 0 Å². The van der Waals surface area contributed by atoms with Crippen LogP contribution in [0.4, 0.5) is 0 Å². The highest BCUT2D eigenvalue weighted by atomic mass is 16.3. The van der Waals surface area contributed by atoms with E-state index in [1.54, 1.807) is 5.57 Å². The summed E-state index contributed by atoms with van der Waals surface area (Å²) < 4.78 is 0. The van der Waals surface area contributed by atoms with Crippen molar-refractivity contribution in [3.05, 3.63) is 11.6 Å². The number of aliphatic hydroxyl groups excluding tert-OH is 1. The maximum atomic E-state index is 9.35. The van der Waals surface area contributed by atoms with Gasteiger partial charge in [-0.2, -0.15) is 0 Å². The molecule has 1 nitrogen and oxygen atoms in total. The van der Waals surface area contributed by atoms with Gasteiger partial charge in [-0.15, -0.1) is 0 Å². The third-order valence-electron chi connectivity index (χ3n) is 2.48. The van der Waals surface area contributed by atoms with Gasteiger partial charge in [0.15, 0.2) is 0 Å². The summed E-state index contributed by atoms with van der Waals surface area (Å²) in [6.07, 6.45) is 8.95. The fourth-order valence-corrected chi connectivity index (χ4v) is 1.69. The molecule has 0 aliphatic heterocycles. The SMILES string of the molecule is CC=C1CCCC(O)CCC1. The molecule has 64 valence electrons. The van der Waals surface area contributed by atoms with Crippen LogP contribution in [-0.2, 0) is 0 Å². The van der Waals surface area contributed by atoms with E-state index in [1.807, 2.05) is 0 Å². The number of hydrogen-bond acceptors (Lipinski definition) is 1. The standard InChI is InChI=1S/C10H18O/c1-2-9-5-3-7-10(11)8-4-6-9/h2,10-11H,3-8H2,1H3. The number of hydrogen-bond donors (Lipinski definition) is 1. The topological polar surface area (TPSA) is 20.2 Å². The molecule has 0 aromatic carbocycles. The van der Waals surface area contributed by atoms with E-state index in [0.717, 1.165) is 12.8 Å². The van der Waals surface area contributed by atoms with Gasteiger partial charge in [0.1, 0.15) is 0 Å². The van der Waals surface area contributed by atoms with Gasteiger partial charge in [-0.1, -0.05) is 11.6 Å². The van der Waals surface area contributed by atoms with Gasteiger partial charge in [-0.05, 0) is 45.4 Å². The fraction of sp³-hybridized carbons (Fsp3) is 0.800. The number of allylic oxidation sites excluding steroid dienone is 2. The van der Waals surface area contributed by atoms with Crippen molar-refractivity contribution in [3.8, 4) is 0 Å². The second-order valence-corrected chi connectivity index (χ2v) is 3.39. The van der Waals surface area contributed by atoms with E-state index < -0.39 is 0 Å². The minimum atomic E-state index is -0.0200. The molecule has 1 aliphatic rings. The van der Waals surface area contributed by atoms with Gasteiger partial charge >= 0.3 is 0 Å². The highest BCUT2D eigenvalue weighted by Crippen LogP contribution is 2.21. The first-order chi connectivity index (χ1) is 5.33. The quantitative estimate of drug-likeness (QED) is 0.532. The van der Waals surface area contributed by atoms with Gasteiger partial charge in [0, 0.05) is 0 Å². The zero-order chi connectivity index (χ0) is 8.10. The van der Waals surface area contributed by atoms with Crippen LogP contribution in [0.5, 0.6) is 0 Å². The summed E-state index contributed by atoms with van der Waals surface area (Å²) >= 11 is 0. The summed E-state index contributed by atoms with van der Waals surface area (Å²) in [5, 5.41) is 9.35. The van der Waals surface area contributed by atoms with Gasteiger partial charge in [0.2, 0.25) is 0 Å². The minimum absolute atomic E-state index is 0.0200. The molecule has 11 heavy (non-hydrogen) atoms. The Kier molecular flexibility index (Phi) is 3.64. The zero-order valence-corrected chi connectivity index (χ0v) is 7.34. The van der Waals surface area contributed by atoms with Crippen molar-refractivity contribution >= 4 is 0 Å². The van der Waals surface area contributed by atoms with Crippen LogP contribution in [-0.4, -0.2) is 11.2 Å². The van der Waals surface area contributed by atoms with Gasteiger partial charge in [0.05, 0.1) is 6.10 Å². The lowest BCUT2D eigenvalue weighted by Crippen LogP contribution is -2.08. The normalized spacial score (nSPS) is 27.5. The Bertz CT molecular complexity index is 126. The smallest absolute Gasteiger partial charge is 0.0540 e. The molecule has 1 fully saturated rings. The molecule has 0 bridgehead atoms. The van der Waals surface area contributed by atoms with E-state index in [9.17, 15) is 5.11 Å². The highest BCUT2D eigenvalue weighted by molar-refractivity contribution is 5.00. The van der Waals surface area contributed by atoms with Gasteiger partial charge in [0.25, 0.3) is 0 Å². The monoisotopic (exact) mass is 154 g/mol. The lowest BCUT2D eigenvalue weighted by atomic mass is 9.95. The Morgan fingerprint density at radius 1 is 1.27 bits per heavy atom. The molecule has 0 aromatic heterocycles. The van der Waals surface area contributed by atoms with Gasteiger partial charge < -0.3 is 5.11 Å². The summed E-state index contributed by atoms with van der Waals surface area (Å²) in [5.74, 6) is 0. The van der Waals surface area contributed by atoms with E-state index in [1.165, 1.54) is 25.7 Å². The first kappa shape index (κ1) is 8.79. The van der Waals surface area contributed by atoms with E-state index in [-0.39, 0.29) is 6.10 Å². The fourth-order valence-electron chi connectivity index (χ4n) is 1.69. The summed E-state index contributed by atoms with van der Waals surface area (Å²) in [6.45, 7) is 2.12. The summed E-state index contributed by atoms with van der Waals surface area (Å²) in [4.78, 5) is 0. The Labute approximate surface area is 69.1 Å². The first-order valence-electron chi connectivity index (χ1n) is 4.65. The molecule has 1 aliphatic carbocycles. The van der Waals surface area contributed by atoms with Crippen molar-refractivity contribution in [3.63, 3.8) is 0 Å². The second kappa shape index (κ2) is 4.55. The third kappa shape index (κ3) is 3.06. The highest BCUT2D eigenvalue weighted by Gasteiger charge is 2.08. The average molecular weight is 154 g/mol. The molecule has 0 amide bonds. The van der Waals surface area contributed by atoms with Crippen molar-refractivity contribution in [1.82, 2.24) is 0 Å². The van der Waals surface area contributed by atoms with Crippen molar-refractivity contribution in [2.24, 2.45) is 0 Å². The van der Waals surface area contributed by atoms with Crippen LogP contribution in [0, 0.1) is 0 Å². The van der Waals surface area contributed by atoms with E-state index in [2.05, 4.69) is 13.0 Å². The Morgan fingerprint density at radius 2 is 1.82 bits per heavy atom. The second-order valence-electron chi connectivity index (χ2n) is 3.39. The number of aliphatic hydroxyl groups is 1. The van der Waals surface area contributed by atoms with Crippen molar-refractivity contribution in [1.29, 1.82) is 0 Å². The molecular weight excluding hydrogens is 136 g/mol. The largest absolute Gasteiger partial charge is 0.393 e. The maximum Gasteiger partial charge on any atom is 0.0540 e. The molecule has 1 N–H and O–H groups in total. The maximum absolute atomic E-state index is 9.35. The van der Waals surface area contributed by atoms with E-state index >= 15 is 0 Å². The summed E-state index contributed by atoms with van der Waals surface area (Å²) in [7, 11) is 0. The van der Waals surface area contributed by atoms with Crippen LogP contribution >= 0.6 is 0 Å². The zero-order valence-electron chi connectivity index (χ0n) is 7.34. The third-order valence-corrected chi connectivity index (χ3v) is 2.48. The molecule has 1 saturated carbocycles. The number of rotatable bonds is 0. The van der Waals surface area contributed by atoms with Crippen molar-refractivity contribution in [2.45, 2.75) is 51.6 Å². The van der Waals surface area contributed by atoms with Crippen LogP contribution in [0.2, 0.25) is 0 Å². The molecule has 0 spiro atoms. The van der Waals surface area contributed by atoms with E-state index in [4.69, 9.17) is 0 Å². The first-order valence-corrected chi connectivity index (χ1v) is 4.65. The Balaban J connectivity index is 2.34. The van der Waals surface area contributed by atoms with Crippen LogP contribution in [0.15, 0.2) is 11.6 Å². The van der Waals surface area contributed by atoms with Gasteiger partial charge in [-0.25, -0.2) is 0 Å². The Morgan fingerprint density at radius 3 is 2.27 bits per heavy atom. The molecule has 0 aromatic rings. The van der Waals surface area contributed by atoms with Crippen LogP contribution < -0.4 is 0 Å². The van der Waals surface area contributed by atoms with Crippen LogP contribution in [0.1, 0.15) is 45.4 Å². The lowest BCUT2D eigenvalue weighted by molar-refractivity contribution is 0.146. The summed E-state index contributed by atoms with van der Waals surface area (Å²) in [5.41, 5.74) is 1.58. The molecular formula is C10H18O. The molecule has 0 atom stereocenters. The van der Waals surface area contributed by atoms with Crippen molar-refractivity contribution < 1.29 is 5.11 Å². The van der Waals surface area contributed by atoms with Crippen LogP contribution in [0.3, 0.4) is 0 Å². The van der Waals surface area contributed by atoms with Crippen molar-refractivity contribution in [2.75, 3.05) is 0 Å². The predicted octanol–water partition coefficient (Wildman–Crippen LogP) is 2.65. The molecule has 0 unspecified atom stereocenters. The Hall–Kier alpha value is -0.300. The minimum Gasteiger partial charge on any atom is -0.393 e. The lowest BCUT2D eigenvalue weighted by Gasteiger charge is -2.15. The summed E-state index contributed by atoms with van der Waals surface area (Å²) in [6, 6.07) is 0. The molecule has 0 saturated heterocycles. The van der Waals surface area contributed by atoms with E-state index in [0.29, 0.717) is 0 Å².